The number of aromatic nitrogens is 4. The fraction of sp³-hybridized carbons (Fsp3) is 0.417. The predicted molar refractivity (Wildman–Crippen MR) is 79.1 cm³/mol. The molecule has 1 aliphatic heterocycles. The summed E-state index contributed by atoms with van der Waals surface area (Å²) in [5.74, 6) is 1.09. The molecule has 2 aromatic heterocycles. The summed E-state index contributed by atoms with van der Waals surface area (Å²) in [4.78, 5) is 0.712. The first-order chi connectivity index (χ1) is 9.09. The second-order valence-electron chi connectivity index (χ2n) is 4.68. The van der Waals surface area contributed by atoms with Crippen molar-refractivity contribution in [1.29, 1.82) is 0 Å². The van der Waals surface area contributed by atoms with Crippen molar-refractivity contribution in [2.45, 2.75) is 32.7 Å². The van der Waals surface area contributed by atoms with Gasteiger partial charge in [-0.25, -0.2) is 0 Å². The van der Waals surface area contributed by atoms with Gasteiger partial charge >= 0.3 is 0 Å². The van der Waals surface area contributed by atoms with E-state index in [1.807, 2.05) is 11.6 Å². The molecule has 0 unspecified atom stereocenters. The van der Waals surface area contributed by atoms with Gasteiger partial charge in [0.05, 0.1) is 17.5 Å². The molecule has 5 nitrogen and oxygen atoms in total. The lowest BCUT2D eigenvalue weighted by Gasteiger charge is -2.12. The highest BCUT2D eigenvalue weighted by atomic mass is 35.5. The van der Waals surface area contributed by atoms with Crippen molar-refractivity contribution >= 4 is 34.5 Å². The lowest BCUT2D eigenvalue weighted by atomic mass is 10.1. The summed E-state index contributed by atoms with van der Waals surface area (Å²) in [6, 6.07) is 0. The molecule has 100 valence electrons. The molecule has 2 N–H and O–H groups in total. The minimum atomic E-state index is 0.491. The molecular formula is C12H14ClN5S. The Morgan fingerprint density at radius 3 is 2.89 bits per heavy atom. The Kier molecular flexibility index (Phi) is 3.06. The van der Waals surface area contributed by atoms with Crippen LogP contribution in [0.1, 0.15) is 31.0 Å². The van der Waals surface area contributed by atoms with Crippen LogP contribution in [0.2, 0.25) is 5.02 Å². The van der Waals surface area contributed by atoms with Gasteiger partial charge in [-0.15, -0.1) is 0 Å². The number of fused-ring (bicyclic) bond motifs is 1. The molecule has 0 saturated carbocycles. The number of halogens is 1. The maximum absolute atomic E-state index is 6.41. The van der Waals surface area contributed by atoms with Crippen LogP contribution in [0.4, 0.5) is 5.82 Å². The van der Waals surface area contributed by atoms with Crippen molar-refractivity contribution in [2.75, 3.05) is 5.73 Å². The highest BCUT2D eigenvalue weighted by Gasteiger charge is 2.22. The summed E-state index contributed by atoms with van der Waals surface area (Å²) in [5, 5.41) is 9.41. The van der Waals surface area contributed by atoms with Gasteiger partial charge in [0.15, 0.2) is 5.82 Å². The van der Waals surface area contributed by atoms with Gasteiger partial charge in [0.2, 0.25) is 0 Å². The van der Waals surface area contributed by atoms with E-state index in [1.165, 1.54) is 0 Å². The highest BCUT2D eigenvalue weighted by Crippen LogP contribution is 2.30. The average Bonchev–Trinajstić information content (AvgIpc) is 2.91. The Labute approximate surface area is 121 Å². The number of thiocarbonyl (C=S) groups is 1. The molecule has 0 fully saturated rings. The zero-order valence-electron chi connectivity index (χ0n) is 10.6. The quantitative estimate of drug-likeness (QED) is 0.682. The number of anilines is 1. The van der Waals surface area contributed by atoms with E-state index < -0.39 is 0 Å². The molecule has 3 heterocycles. The first-order valence-electron chi connectivity index (χ1n) is 6.19. The minimum Gasteiger partial charge on any atom is -0.383 e. The standard InChI is InChI=1S/C12H14ClN5S/c1-7(19)8-6-15-18(11(8)14)12-10(13)9-4-2-3-5-17(9)16-12/h6H,2-5,14H2,1H3. The molecule has 1 aliphatic rings. The number of nitrogens with two attached hydrogens (primary N) is 1. The first kappa shape index (κ1) is 12.6. The van der Waals surface area contributed by atoms with E-state index in [-0.39, 0.29) is 0 Å². The van der Waals surface area contributed by atoms with E-state index in [0.717, 1.165) is 37.1 Å². The van der Waals surface area contributed by atoms with Gasteiger partial charge in [0.1, 0.15) is 10.8 Å². The van der Waals surface area contributed by atoms with Gasteiger partial charge in [-0.3, -0.25) is 4.68 Å². The molecule has 0 radical (unpaired) electrons. The van der Waals surface area contributed by atoms with Gasteiger partial charge in [0, 0.05) is 11.4 Å². The predicted octanol–water partition coefficient (Wildman–Crippen LogP) is 2.38. The van der Waals surface area contributed by atoms with Crippen LogP contribution in [-0.2, 0) is 13.0 Å². The molecule has 0 bridgehead atoms. The highest BCUT2D eigenvalue weighted by molar-refractivity contribution is 7.80. The Morgan fingerprint density at radius 2 is 2.26 bits per heavy atom. The van der Waals surface area contributed by atoms with E-state index in [2.05, 4.69) is 10.2 Å². The number of hydrogen-bond donors (Lipinski definition) is 1. The third-order valence-electron chi connectivity index (χ3n) is 3.40. The Morgan fingerprint density at radius 1 is 1.47 bits per heavy atom. The molecule has 0 saturated heterocycles. The fourth-order valence-electron chi connectivity index (χ4n) is 2.37. The smallest absolute Gasteiger partial charge is 0.196 e. The minimum absolute atomic E-state index is 0.491. The largest absolute Gasteiger partial charge is 0.383 e. The number of nitrogen functional groups attached to an aromatic ring is 1. The van der Waals surface area contributed by atoms with E-state index in [9.17, 15) is 0 Å². The average molecular weight is 296 g/mol. The van der Waals surface area contributed by atoms with Crippen molar-refractivity contribution in [3.63, 3.8) is 0 Å². The summed E-state index contributed by atoms with van der Waals surface area (Å²) < 4.78 is 3.52. The molecule has 0 aromatic carbocycles. The second kappa shape index (κ2) is 4.61. The van der Waals surface area contributed by atoms with E-state index in [0.29, 0.717) is 21.5 Å². The maximum atomic E-state index is 6.41. The van der Waals surface area contributed by atoms with Crippen LogP contribution >= 0.6 is 23.8 Å². The van der Waals surface area contributed by atoms with Gasteiger partial charge in [-0.2, -0.15) is 14.9 Å². The molecule has 7 heteroatoms. The molecule has 0 aliphatic carbocycles. The van der Waals surface area contributed by atoms with Crippen molar-refractivity contribution < 1.29 is 0 Å². The summed E-state index contributed by atoms with van der Waals surface area (Å²) in [5.41, 5.74) is 7.90. The topological polar surface area (TPSA) is 61.7 Å². The summed E-state index contributed by atoms with van der Waals surface area (Å²) in [6.45, 7) is 2.72. The van der Waals surface area contributed by atoms with Crippen LogP contribution in [0, 0.1) is 0 Å². The summed E-state index contributed by atoms with van der Waals surface area (Å²) >= 11 is 11.5. The van der Waals surface area contributed by atoms with Gasteiger partial charge in [-0.05, 0) is 26.2 Å². The lowest BCUT2D eigenvalue weighted by Crippen LogP contribution is -2.11. The third kappa shape index (κ3) is 1.95. The van der Waals surface area contributed by atoms with Crippen LogP contribution in [0.25, 0.3) is 5.82 Å². The maximum Gasteiger partial charge on any atom is 0.196 e. The van der Waals surface area contributed by atoms with Gasteiger partial charge < -0.3 is 5.73 Å². The summed E-state index contributed by atoms with van der Waals surface area (Å²) in [7, 11) is 0. The van der Waals surface area contributed by atoms with Crippen LogP contribution in [0.5, 0.6) is 0 Å². The monoisotopic (exact) mass is 295 g/mol. The van der Waals surface area contributed by atoms with Gasteiger partial charge in [0.25, 0.3) is 0 Å². The molecule has 0 atom stereocenters. The molecular weight excluding hydrogens is 282 g/mol. The van der Waals surface area contributed by atoms with Crippen LogP contribution in [-0.4, -0.2) is 24.4 Å². The molecule has 0 amide bonds. The van der Waals surface area contributed by atoms with Crippen LogP contribution in [0.15, 0.2) is 6.20 Å². The van der Waals surface area contributed by atoms with Crippen LogP contribution in [0.3, 0.4) is 0 Å². The van der Waals surface area contributed by atoms with Crippen molar-refractivity contribution in [1.82, 2.24) is 19.6 Å². The molecule has 3 rings (SSSR count). The van der Waals surface area contributed by atoms with E-state index in [1.54, 1.807) is 10.9 Å². The number of rotatable bonds is 2. The molecule has 2 aromatic rings. The normalized spacial score (nSPS) is 14.4. The zero-order chi connectivity index (χ0) is 13.6. The van der Waals surface area contributed by atoms with E-state index >= 15 is 0 Å². The van der Waals surface area contributed by atoms with Gasteiger partial charge in [-0.1, -0.05) is 23.8 Å². The lowest BCUT2D eigenvalue weighted by molar-refractivity contribution is 0.484. The summed E-state index contributed by atoms with van der Waals surface area (Å²) in [6.07, 6.45) is 4.88. The fourth-order valence-corrected chi connectivity index (χ4v) is 2.84. The molecule has 0 spiro atoms. The van der Waals surface area contributed by atoms with E-state index in [4.69, 9.17) is 29.6 Å². The molecule has 19 heavy (non-hydrogen) atoms. The van der Waals surface area contributed by atoms with Crippen molar-refractivity contribution in [3.8, 4) is 5.82 Å². The zero-order valence-corrected chi connectivity index (χ0v) is 12.1. The van der Waals surface area contributed by atoms with Crippen molar-refractivity contribution in [3.05, 3.63) is 22.5 Å². The van der Waals surface area contributed by atoms with Crippen LogP contribution < -0.4 is 5.73 Å². The Bertz CT molecular complexity index is 657. The van der Waals surface area contributed by atoms with Crippen molar-refractivity contribution in [2.24, 2.45) is 0 Å². The Hall–Kier alpha value is -1.40. The first-order valence-corrected chi connectivity index (χ1v) is 6.98. The number of nitrogens with zero attached hydrogens (tertiary/aromatic N) is 4. The second-order valence-corrected chi connectivity index (χ2v) is 5.67. The third-order valence-corrected chi connectivity index (χ3v) is 4.00. The number of hydrogen-bond acceptors (Lipinski definition) is 4. The Balaban J connectivity index is 2.12. The SMILES string of the molecule is CC(=S)c1cnn(-c2nn3c(c2Cl)CCCC3)c1N. The number of aryl methyl sites for hydroxylation is 1.